The molecule has 158 valence electrons. The second kappa shape index (κ2) is 10.9. The highest BCUT2D eigenvalue weighted by molar-refractivity contribution is 7.98. The first-order valence-electron chi connectivity index (χ1n) is 10.0. The fourth-order valence-electron chi connectivity index (χ4n) is 3.82. The predicted molar refractivity (Wildman–Crippen MR) is 126 cm³/mol. The molecule has 2 aromatic rings. The molecule has 0 radical (unpaired) electrons. The van der Waals surface area contributed by atoms with Gasteiger partial charge in [0.2, 0.25) is 0 Å². The summed E-state index contributed by atoms with van der Waals surface area (Å²) in [5.74, 6) is 0.738. The molecular weight excluding hydrogens is 398 g/mol. The topological polar surface area (TPSA) is 61.6 Å². The van der Waals surface area contributed by atoms with E-state index in [0.29, 0.717) is 6.61 Å². The van der Waals surface area contributed by atoms with Gasteiger partial charge in [-0.05, 0) is 34.5 Å². The van der Waals surface area contributed by atoms with E-state index in [1.807, 2.05) is 18.4 Å². The SMILES string of the molecule is CSCC(CCCO[Si](c1ccccc1)(c1ccccc1)C(C)(C)C)OC(N)=O. The lowest BCUT2D eigenvalue weighted by Crippen LogP contribution is -2.66. The van der Waals surface area contributed by atoms with E-state index in [0.717, 1.165) is 18.6 Å². The molecule has 0 saturated carbocycles. The Morgan fingerprint density at radius 1 is 1.03 bits per heavy atom. The van der Waals surface area contributed by atoms with Gasteiger partial charge in [-0.2, -0.15) is 11.8 Å². The van der Waals surface area contributed by atoms with Crippen molar-refractivity contribution in [3.05, 3.63) is 60.7 Å². The Morgan fingerprint density at radius 2 is 1.55 bits per heavy atom. The van der Waals surface area contributed by atoms with E-state index in [2.05, 4.69) is 69.3 Å². The number of hydrogen-bond acceptors (Lipinski definition) is 4. The van der Waals surface area contributed by atoms with Crippen LogP contribution in [0.25, 0.3) is 0 Å². The highest BCUT2D eigenvalue weighted by Crippen LogP contribution is 2.36. The van der Waals surface area contributed by atoms with Gasteiger partial charge < -0.3 is 14.9 Å². The molecule has 6 heteroatoms. The van der Waals surface area contributed by atoms with E-state index < -0.39 is 14.4 Å². The monoisotopic (exact) mass is 431 g/mol. The van der Waals surface area contributed by atoms with E-state index in [1.165, 1.54) is 10.4 Å². The largest absolute Gasteiger partial charge is 0.446 e. The normalized spacial score (nSPS) is 13.1. The van der Waals surface area contributed by atoms with Crippen LogP contribution in [0.4, 0.5) is 4.79 Å². The number of primary amides is 1. The lowest BCUT2D eigenvalue weighted by Gasteiger charge is -2.43. The van der Waals surface area contributed by atoms with Crippen LogP contribution in [0.3, 0.4) is 0 Å². The third kappa shape index (κ3) is 6.11. The van der Waals surface area contributed by atoms with E-state index in [9.17, 15) is 4.79 Å². The summed E-state index contributed by atoms with van der Waals surface area (Å²) in [7, 11) is -2.51. The standard InChI is InChI=1S/C23H33NO3SSi/c1-23(2,3)29(20-13-7-5-8-14-20,21-15-9-6-10-16-21)26-17-11-12-19(18-28-4)27-22(24)25/h5-10,13-16,19H,11-12,17-18H2,1-4H3,(H2,24,25). The highest BCUT2D eigenvalue weighted by Gasteiger charge is 2.49. The lowest BCUT2D eigenvalue weighted by molar-refractivity contribution is 0.109. The maximum atomic E-state index is 11.1. The number of carbonyl (C=O) groups is 1. The fraction of sp³-hybridized carbons (Fsp3) is 0.435. The Kier molecular flexibility index (Phi) is 8.80. The third-order valence-electron chi connectivity index (χ3n) is 5.04. The Morgan fingerprint density at radius 3 is 1.97 bits per heavy atom. The smallest absolute Gasteiger partial charge is 0.404 e. The summed E-state index contributed by atoms with van der Waals surface area (Å²) < 4.78 is 12.1. The summed E-state index contributed by atoms with van der Waals surface area (Å²) in [5, 5.41) is 2.50. The zero-order valence-electron chi connectivity index (χ0n) is 17.9. The van der Waals surface area contributed by atoms with Crippen molar-refractivity contribution in [3.8, 4) is 0 Å². The number of thioether (sulfide) groups is 1. The van der Waals surface area contributed by atoms with Gasteiger partial charge in [-0.1, -0.05) is 81.4 Å². The average Bonchev–Trinajstić information content (AvgIpc) is 2.68. The van der Waals surface area contributed by atoms with Crippen LogP contribution < -0.4 is 16.1 Å². The number of rotatable bonds is 10. The first-order valence-corrected chi connectivity index (χ1v) is 13.3. The Balaban J connectivity index is 2.26. The first kappa shape index (κ1) is 23.5. The molecular formula is C23H33NO3SSi. The van der Waals surface area contributed by atoms with Crippen LogP contribution >= 0.6 is 11.8 Å². The van der Waals surface area contributed by atoms with Gasteiger partial charge in [0.05, 0.1) is 0 Å². The number of benzene rings is 2. The molecule has 4 nitrogen and oxygen atoms in total. The lowest BCUT2D eigenvalue weighted by atomic mass is 10.2. The summed E-state index contributed by atoms with van der Waals surface area (Å²) in [6.45, 7) is 7.42. The van der Waals surface area contributed by atoms with E-state index in [1.54, 1.807) is 11.8 Å². The van der Waals surface area contributed by atoms with E-state index >= 15 is 0 Å². The summed E-state index contributed by atoms with van der Waals surface area (Å²) >= 11 is 1.65. The molecule has 0 bridgehead atoms. The van der Waals surface area contributed by atoms with Crippen LogP contribution in [0.2, 0.25) is 5.04 Å². The first-order chi connectivity index (χ1) is 13.8. The number of amides is 1. The molecule has 0 heterocycles. The van der Waals surface area contributed by atoms with Crippen molar-refractivity contribution >= 4 is 36.5 Å². The summed E-state index contributed by atoms with van der Waals surface area (Å²) in [4.78, 5) is 11.1. The van der Waals surface area contributed by atoms with Crippen LogP contribution in [0, 0.1) is 0 Å². The summed E-state index contributed by atoms with van der Waals surface area (Å²) in [6, 6.07) is 21.2. The van der Waals surface area contributed by atoms with Crippen molar-refractivity contribution < 1.29 is 14.0 Å². The molecule has 0 aliphatic carbocycles. The van der Waals surface area contributed by atoms with E-state index in [4.69, 9.17) is 14.9 Å². The third-order valence-corrected chi connectivity index (χ3v) is 10.8. The van der Waals surface area contributed by atoms with Gasteiger partial charge >= 0.3 is 6.09 Å². The van der Waals surface area contributed by atoms with Crippen LogP contribution in [-0.4, -0.2) is 39.1 Å². The van der Waals surface area contributed by atoms with Crippen molar-refractivity contribution in [2.24, 2.45) is 5.73 Å². The summed E-state index contributed by atoms with van der Waals surface area (Å²) in [6.07, 6.45) is 2.66. The van der Waals surface area contributed by atoms with Gasteiger partial charge in [-0.15, -0.1) is 0 Å². The van der Waals surface area contributed by atoms with Crippen molar-refractivity contribution in [1.82, 2.24) is 0 Å². The minimum absolute atomic E-state index is 0.0435. The molecule has 29 heavy (non-hydrogen) atoms. The minimum atomic E-state index is -2.51. The fourth-order valence-corrected chi connectivity index (χ4v) is 9.04. The van der Waals surface area contributed by atoms with Gasteiger partial charge in [-0.3, -0.25) is 0 Å². The Labute approximate surface area is 180 Å². The molecule has 0 aliphatic heterocycles. The maximum Gasteiger partial charge on any atom is 0.404 e. The Bertz CT molecular complexity index is 710. The summed E-state index contributed by atoms with van der Waals surface area (Å²) in [5.41, 5.74) is 5.21. The van der Waals surface area contributed by atoms with Crippen LogP contribution in [0.15, 0.2) is 60.7 Å². The van der Waals surface area contributed by atoms with Crippen LogP contribution in [-0.2, 0) is 9.16 Å². The molecule has 0 saturated heterocycles. The molecule has 1 amide bonds. The molecule has 1 unspecified atom stereocenters. The number of hydrogen-bond donors (Lipinski definition) is 1. The van der Waals surface area contributed by atoms with Gasteiger partial charge in [0.15, 0.2) is 0 Å². The van der Waals surface area contributed by atoms with Crippen molar-refractivity contribution in [2.45, 2.75) is 44.8 Å². The zero-order valence-corrected chi connectivity index (χ0v) is 19.7. The number of carbonyl (C=O) groups excluding carboxylic acids is 1. The molecule has 0 spiro atoms. The van der Waals surface area contributed by atoms with E-state index in [-0.39, 0.29) is 11.1 Å². The number of nitrogens with two attached hydrogens (primary N) is 1. The van der Waals surface area contributed by atoms with Crippen molar-refractivity contribution in [2.75, 3.05) is 18.6 Å². The molecule has 2 N–H and O–H groups in total. The molecule has 0 aliphatic rings. The molecule has 2 rings (SSSR count). The average molecular weight is 432 g/mol. The maximum absolute atomic E-state index is 11.1. The van der Waals surface area contributed by atoms with Crippen LogP contribution in [0.5, 0.6) is 0 Å². The van der Waals surface area contributed by atoms with Gasteiger partial charge in [0.1, 0.15) is 6.10 Å². The molecule has 1 atom stereocenters. The quantitative estimate of drug-likeness (QED) is 0.453. The predicted octanol–water partition coefficient (Wildman–Crippen LogP) is 4.17. The molecule has 0 aromatic heterocycles. The second-order valence-electron chi connectivity index (χ2n) is 8.17. The highest BCUT2D eigenvalue weighted by atomic mass is 32.2. The van der Waals surface area contributed by atoms with Gasteiger partial charge in [0.25, 0.3) is 8.32 Å². The van der Waals surface area contributed by atoms with Gasteiger partial charge in [-0.25, -0.2) is 4.79 Å². The zero-order chi connectivity index (χ0) is 21.3. The van der Waals surface area contributed by atoms with Crippen LogP contribution in [0.1, 0.15) is 33.6 Å². The Hall–Kier alpha value is -1.76. The molecule has 2 aromatic carbocycles. The minimum Gasteiger partial charge on any atom is -0.446 e. The van der Waals surface area contributed by atoms with Crippen molar-refractivity contribution in [1.29, 1.82) is 0 Å². The second-order valence-corrected chi connectivity index (χ2v) is 13.4. The van der Waals surface area contributed by atoms with Gasteiger partial charge in [0, 0.05) is 12.4 Å². The number of ether oxygens (including phenoxy) is 1. The van der Waals surface area contributed by atoms with Crippen molar-refractivity contribution in [3.63, 3.8) is 0 Å². The molecule has 0 fully saturated rings.